The van der Waals surface area contributed by atoms with Gasteiger partial charge in [0.15, 0.2) is 11.6 Å². The van der Waals surface area contributed by atoms with Crippen LogP contribution in [0, 0.1) is 5.82 Å². The van der Waals surface area contributed by atoms with Crippen molar-refractivity contribution in [2.24, 2.45) is 7.05 Å². The van der Waals surface area contributed by atoms with Crippen molar-refractivity contribution in [1.82, 2.24) is 13.9 Å². The second-order valence-corrected chi connectivity index (χ2v) is 9.81. The van der Waals surface area contributed by atoms with Crippen LogP contribution in [0.5, 0.6) is 11.5 Å². The van der Waals surface area contributed by atoms with Crippen molar-refractivity contribution in [1.29, 1.82) is 0 Å². The van der Waals surface area contributed by atoms with Gasteiger partial charge in [-0.1, -0.05) is 23.2 Å². The van der Waals surface area contributed by atoms with Crippen LogP contribution in [0.2, 0.25) is 10.0 Å². The monoisotopic (exact) mass is 516 g/mol. The quantitative estimate of drug-likeness (QED) is 0.537. The van der Waals surface area contributed by atoms with Crippen LogP contribution >= 0.6 is 23.2 Å². The van der Waals surface area contributed by atoms with Crippen LogP contribution in [0.25, 0.3) is 10.9 Å². The summed E-state index contributed by atoms with van der Waals surface area (Å²) >= 11 is 12.7. The maximum absolute atomic E-state index is 14.6. The maximum atomic E-state index is 14.6. The van der Waals surface area contributed by atoms with Gasteiger partial charge in [0, 0.05) is 27.2 Å². The molecule has 0 spiro atoms. The van der Waals surface area contributed by atoms with E-state index in [0.29, 0.717) is 11.9 Å². The molecule has 33 heavy (non-hydrogen) atoms. The first-order valence-corrected chi connectivity index (χ1v) is 11.9. The highest BCUT2D eigenvalue weighted by Crippen LogP contribution is 2.41. The van der Waals surface area contributed by atoms with E-state index in [4.69, 9.17) is 32.7 Å². The first-order chi connectivity index (χ1) is 15.6. The number of ether oxygens (including phenoxy) is 2. The highest BCUT2D eigenvalue weighted by atomic mass is 35.5. The van der Waals surface area contributed by atoms with Gasteiger partial charge in [-0.25, -0.2) is 9.37 Å². The third kappa shape index (κ3) is 4.51. The zero-order chi connectivity index (χ0) is 23.9. The average molecular weight is 517 g/mol. The second kappa shape index (κ2) is 9.07. The van der Waals surface area contributed by atoms with Crippen LogP contribution in [0.15, 0.2) is 35.4 Å². The number of anilines is 1. The smallest absolute Gasteiger partial charge is 0.301 e. The highest BCUT2D eigenvalue weighted by molar-refractivity contribution is 7.90. The minimum absolute atomic E-state index is 0.0439. The molecule has 176 valence electrons. The zero-order valence-corrected chi connectivity index (χ0v) is 19.8. The summed E-state index contributed by atoms with van der Waals surface area (Å²) in [6.45, 7) is 0.454. The van der Waals surface area contributed by atoms with Gasteiger partial charge in [0.1, 0.15) is 10.8 Å². The molecule has 1 N–H and O–H groups in total. The topological polar surface area (TPSA) is 103 Å². The van der Waals surface area contributed by atoms with Gasteiger partial charge in [0.25, 0.3) is 5.56 Å². The molecule has 2 aromatic carbocycles. The molecule has 1 aliphatic heterocycles. The van der Waals surface area contributed by atoms with Crippen LogP contribution in [-0.2, 0) is 22.0 Å². The summed E-state index contributed by atoms with van der Waals surface area (Å²) in [5.74, 6) is -1.34. The number of fused-ring (bicyclic) bond motifs is 1. The number of halogens is 3. The number of nitrogens with zero attached hydrogens (tertiary/aromatic N) is 3. The van der Waals surface area contributed by atoms with E-state index in [9.17, 15) is 17.6 Å². The zero-order valence-electron chi connectivity index (χ0n) is 17.5. The van der Waals surface area contributed by atoms with Crippen molar-refractivity contribution < 1.29 is 22.3 Å². The van der Waals surface area contributed by atoms with Crippen molar-refractivity contribution in [2.45, 2.75) is 12.5 Å². The van der Waals surface area contributed by atoms with Crippen LogP contribution in [-0.4, -0.2) is 48.6 Å². The van der Waals surface area contributed by atoms with Crippen molar-refractivity contribution in [3.8, 4) is 11.5 Å². The van der Waals surface area contributed by atoms with Crippen LogP contribution < -0.4 is 15.0 Å². The Morgan fingerprint density at radius 2 is 1.97 bits per heavy atom. The minimum Gasteiger partial charge on any atom is -0.451 e. The van der Waals surface area contributed by atoms with Gasteiger partial charge in [-0.15, -0.1) is 0 Å². The molecular weight excluding hydrogens is 498 g/mol. The van der Waals surface area contributed by atoms with Gasteiger partial charge < -0.3 is 14.0 Å². The summed E-state index contributed by atoms with van der Waals surface area (Å²) < 4.78 is 55.7. The number of rotatable bonds is 6. The van der Waals surface area contributed by atoms with Gasteiger partial charge in [-0.05, 0) is 30.7 Å². The molecule has 1 fully saturated rings. The van der Waals surface area contributed by atoms with Gasteiger partial charge >= 0.3 is 10.2 Å². The standard InChI is InChI=1S/C20H19Cl2FN4O5S/c1-26-10-24-13-5-6-15(18(22)16(13)20(26)28)32-19-12(23)3-4-14(17(19)21)25-33(29,30)27-8-7-11(9-27)31-2/h3-6,10-11,25H,7-9H2,1-2H3. The highest BCUT2D eigenvalue weighted by Gasteiger charge is 2.32. The van der Waals surface area contributed by atoms with Crippen molar-refractivity contribution in [2.75, 3.05) is 24.9 Å². The fraction of sp³-hybridized carbons (Fsp3) is 0.300. The van der Waals surface area contributed by atoms with E-state index in [0.717, 1.165) is 6.07 Å². The van der Waals surface area contributed by atoms with Gasteiger partial charge in [-0.3, -0.25) is 9.52 Å². The number of hydrogen-bond donors (Lipinski definition) is 1. The number of nitrogens with one attached hydrogen (secondary N) is 1. The molecule has 0 saturated carbocycles. The van der Waals surface area contributed by atoms with E-state index in [-0.39, 0.29) is 46.1 Å². The van der Waals surface area contributed by atoms with E-state index in [1.165, 1.54) is 47.6 Å². The second-order valence-electron chi connectivity index (χ2n) is 7.38. The van der Waals surface area contributed by atoms with E-state index in [2.05, 4.69) is 9.71 Å². The van der Waals surface area contributed by atoms with Crippen molar-refractivity contribution in [3.63, 3.8) is 0 Å². The Bertz CT molecular complexity index is 1400. The first kappa shape index (κ1) is 23.7. The average Bonchev–Trinajstić information content (AvgIpc) is 3.27. The van der Waals surface area contributed by atoms with Crippen molar-refractivity contribution in [3.05, 3.63) is 56.8 Å². The Kier molecular flexibility index (Phi) is 6.52. The lowest BCUT2D eigenvalue weighted by molar-refractivity contribution is 0.115. The SMILES string of the molecule is COC1CCN(S(=O)(=O)Nc2ccc(F)c(Oc3ccc4ncn(C)c(=O)c4c3Cl)c2Cl)C1. The van der Waals surface area contributed by atoms with Crippen LogP contribution in [0.1, 0.15) is 6.42 Å². The molecule has 2 heterocycles. The number of methoxy groups -OCH3 is 1. The molecule has 1 aromatic heterocycles. The Labute approximate surface area is 198 Å². The molecule has 1 aliphatic rings. The Morgan fingerprint density at radius 3 is 2.67 bits per heavy atom. The molecule has 1 atom stereocenters. The molecule has 0 bridgehead atoms. The molecular formula is C20H19Cl2FN4O5S. The lowest BCUT2D eigenvalue weighted by atomic mass is 10.2. The van der Waals surface area contributed by atoms with E-state index in [1.807, 2.05) is 0 Å². The first-order valence-electron chi connectivity index (χ1n) is 9.72. The van der Waals surface area contributed by atoms with Crippen molar-refractivity contribution >= 4 is 50.0 Å². The lowest BCUT2D eigenvalue weighted by Gasteiger charge is -2.19. The molecule has 0 amide bonds. The van der Waals surface area contributed by atoms with Crippen LogP contribution in [0.3, 0.4) is 0 Å². The van der Waals surface area contributed by atoms with Gasteiger partial charge in [0.05, 0.1) is 34.0 Å². The lowest BCUT2D eigenvalue weighted by Crippen LogP contribution is -2.35. The Morgan fingerprint density at radius 1 is 1.21 bits per heavy atom. The summed E-state index contributed by atoms with van der Waals surface area (Å²) in [5.41, 5.74) is -0.157. The Hall–Kier alpha value is -2.44. The Balaban J connectivity index is 1.68. The number of hydrogen-bond acceptors (Lipinski definition) is 6. The van der Waals surface area contributed by atoms with Crippen LogP contribution in [0.4, 0.5) is 10.1 Å². The largest absolute Gasteiger partial charge is 0.451 e. The molecule has 0 aliphatic carbocycles. The van der Waals surface area contributed by atoms with E-state index >= 15 is 0 Å². The molecule has 4 rings (SSSR count). The third-order valence-electron chi connectivity index (χ3n) is 5.27. The maximum Gasteiger partial charge on any atom is 0.301 e. The molecule has 3 aromatic rings. The molecule has 9 nitrogen and oxygen atoms in total. The summed E-state index contributed by atoms with van der Waals surface area (Å²) in [5, 5.41) is -0.295. The number of benzene rings is 2. The van der Waals surface area contributed by atoms with Gasteiger partial charge in [0.2, 0.25) is 0 Å². The van der Waals surface area contributed by atoms with Gasteiger partial charge in [-0.2, -0.15) is 12.7 Å². The summed E-state index contributed by atoms with van der Waals surface area (Å²) in [6.07, 6.45) is 1.70. The summed E-state index contributed by atoms with van der Waals surface area (Å²) in [7, 11) is -0.940. The number of aromatic nitrogens is 2. The predicted molar refractivity (Wildman–Crippen MR) is 123 cm³/mol. The predicted octanol–water partition coefficient (Wildman–Crippen LogP) is 3.55. The normalized spacial score (nSPS) is 16.9. The minimum atomic E-state index is -3.97. The molecule has 1 unspecified atom stereocenters. The third-order valence-corrected chi connectivity index (χ3v) is 7.51. The van der Waals surface area contributed by atoms with E-state index in [1.54, 1.807) is 0 Å². The summed E-state index contributed by atoms with van der Waals surface area (Å²) in [6, 6.07) is 5.11. The fourth-order valence-corrected chi connectivity index (χ4v) is 5.30. The number of aryl methyl sites for hydroxylation is 1. The fourth-order valence-electron chi connectivity index (χ4n) is 3.44. The molecule has 1 saturated heterocycles. The molecule has 13 heteroatoms. The molecule has 0 radical (unpaired) electrons. The summed E-state index contributed by atoms with van der Waals surface area (Å²) in [4.78, 5) is 16.6. The van der Waals surface area contributed by atoms with E-state index < -0.39 is 27.3 Å².